The maximum atomic E-state index is 13.2. The van der Waals surface area contributed by atoms with Gasteiger partial charge in [0.15, 0.2) is 5.65 Å². The largest absolute Gasteiger partial charge is 0.394 e. The molecule has 2 atom stereocenters. The maximum Gasteiger partial charge on any atom is 0.280 e. The summed E-state index contributed by atoms with van der Waals surface area (Å²) in [6.07, 6.45) is -3.15. The Bertz CT molecular complexity index is 1090. The lowest BCUT2D eigenvalue weighted by Gasteiger charge is -2.22. The van der Waals surface area contributed by atoms with Crippen molar-refractivity contribution in [3.63, 3.8) is 0 Å². The molecule has 3 aromatic rings. The molecule has 12 heteroatoms. The Morgan fingerprint density at radius 3 is 2.57 bits per heavy atom. The smallest absolute Gasteiger partial charge is 0.280 e. The summed E-state index contributed by atoms with van der Waals surface area (Å²) in [7, 11) is 0. The summed E-state index contributed by atoms with van der Waals surface area (Å²) in [5.74, 6) is -0.789. The highest BCUT2D eigenvalue weighted by Crippen LogP contribution is 2.23. The number of amides is 1. The van der Waals surface area contributed by atoms with E-state index >= 15 is 0 Å². The van der Waals surface area contributed by atoms with Gasteiger partial charge in [-0.2, -0.15) is 5.10 Å². The third-order valence-corrected chi connectivity index (χ3v) is 4.44. The first kappa shape index (κ1) is 21.2. The molecule has 1 aromatic carbocycles. The van der Waals surface area contributed by atoms with Crippen molar-refractivity contribution in [3.05, 3.63) is 69.2 Å². The third kappa shape index (κ3) is 4.09. The first-order valence-corrected chi connectivity index (χ1v) is 8.70. The van der Waals surface area contributed by atoms with Crippen molar-refractivity contribution in [2.75, 3.05) is 6.61 Å². The lowest BCUT2D eigenvalue weighted by molar-refractivity contribution is -0.384. The molecule has 0 radical (unpaired) electrons. The second kappa shape index (κ2) is 8.47. The first-order valence-electron chi connectivity index (χ1n) is 8.70. The zero-order valence-electron chi connectivity index (χ0n) is 15.6. The number of hydrogen-bond acceptors (Lipinski definition) is 7. The topological polar surface area (TPSA) is 143 Å². The fourth-order valence-corrected chi connectivity index (χ4v) is 2.92. The van der Waals surface area contributed by atoms with Gasteiger partial charge in [0.25, 0.3) is 18.0 Å². The minimum atomic E-state index is -2.83. The van der Waals surface area contributed by atoms with Crippen LogP contribution in [0.2, 0.25) is 0 Å². The van der Waals surface area contributed by atoms with Gasteiger partial charge in [-0.25, -0.2) is 18.3 Å². The van der Waals surface area contributed by atoms with Gasteiger partial charge in [-0.1, -0.05) is 0 Å². The Kier molecular flexibility index (Phi) is 5.99. The van der Waals surface area contributed by atoms with Gasteiger partial charge < -0.3 is 15.5 Å². The van der Waals surface area contributed by atoms with Gasteiger partial charge in [-0.3, -0.25) is 14.9 Å². The number of aliphatic hydroxyl groups is 2. The highest BCUT2D eigenvalue weighted by Gasteiger charge is 2.26. The summed E-state index contributed by atoms with van der Waals surface area (Å²) in [6.45, 7) is 0.841. The minimum Gasteiger partial charge on any atom is -0.394 e. The lowest BCUT2D eigenvalue weighted by Crippen LogP contribution is -2.42. The summed E-state index contributed by atoms with van der Waals surface area (Å²) >= 11 is 0. The fourth-order valence-electron chi connectivity index (χ4n) is 2.92. The van der Waals surface area contributed by atoms with Crippen LogP contribution in [0.5, 0.6) is 0 Å². The van der Waals surface area contributed by atoms with E-state index in [-0.39, 0.29) is 28.2 Å². The molecule has 0 fully saturated rings. The number of nitro benzene ring substituents is 1. The van der Waals surface area contributed by atoms with Crippen molar-refractivity contribution in [2.45, 2.75) is 25.5 Å². The molecule has 0 bridgehead atoms. The predicted octanol–water partition coefficient (Wildman–Crippen LogP) is 1.71. The second-order valence-electron chi connectivity index (χ2n) is 6.47. The monoisotopic (exact) mass is 421 g/mol. The summed E-state index contributed by atoms with van der Waals surface area (Å²) in [6, 6.07) is 4.94. The van der Waals surface area contributed by atoms with Crippen LogP contribution in [0.3, 0.4) is 0 Å². The second-order valence-corrected chi connectivity index (χ2v) is 6.47. The van der Waals surface area contributed by atoms with Crippen LogP contribution < -0.4 is 5.32 Å². The third-order valence-electron chi connectivity index (χ3n) is 4.44. The van der Waals surface area contributed by atoms with E-state index in [2.05, 4.69) is 15.4 Å². The zero-order chi connectivity index (χ0) is 22.0. The quantitative estimate of drug-likeness (QED) is 0.389. The molecule has 2 heterocycles. The Morgan fingerprint density at radius 2 is 2.00 bits per heavy atom. The number of non-ortho nitro benzene ring substituents is 1. The molecule has 3 N–H and O–H groups in total. The van der Waals surface area contributed by atoms with Crippen molar-refractivity contribution in [2.24, 2.45) is 0 Å². The summed E-state index contributed by atoms with van der Waals surface area (Å²) in [5.41, 5.74) is -0.329. The number of nitro groups is 1. The average Bonchev–Trinajstić information content (AvgIpc) is 3.14. The van der Waals surface area contributed by atoms with Gasteiger partial charge >= 0.3 is 0 Å². The number of fused-ring (bicyclic) bond motifs is 1. The molecule has 3 rings (SSSR count). The van der Waals surface area contributed by atoms with E-state index in [0.29, 0.717) is 0 Å². The molecule has 0 aliphatic rings. The molecular weight excluding hydrogens is 404 g/mol. The molecule has 0 saturated heterocycles. The number of aryl methyl sites for hydroxylation is 1. The number of aromatic nitrogens is 3. The summed E-state index contributed by atoms with van der Waals surface area (Å²) in [5, 5.41) is 37.0. The van der Waals surface area contributed by atoms with Gasteiger partial charge in [-0.15, -0.1) is 0 Å². The standard InChI is InChI=1S/C18H17F2N5O5/c1-9-6-14(16(19)20)24-17(22-9)12(7-21-24)18(28)23-13(8-26)15(27)10-2-4-11(5-3-10)25(29)30/h2-7,13,15-16,26-27H,8H2,1H3,(H,23,28). The van der Waals surface area contributed by atoms with Crippen molar-refractivity contribution in [3.8, 4) is 0 Å². The molecule has 30 heavy (non-hydrogen) atoms. The number of carbonyl (C=O) groups is 1. The van der Waals surface area contributed by atoms with Crippen LogP contribution in [0.25, 0.3) is 5.65 Å². The predicted molar refractivity (Wildman–Crippen MR) is 99.1 cm³/mol. The lowest BCUT2D eigenvalue weighted by atomic mass is 10.0. The van der Waals surface area contributed by atoms with Crippen molar-refractivity contribution in [1.29, 1.82) is 0 Å². The molecule has 10 nitrogen and oxygen atoms in total. The minimum absolute atomic E-state index is 0.0932. The van der Waals surface area contributed by atoms with E-state index in [1.807, 2.05) is 0 Å². The fraction of sp³-hybridized carbons (Fsp3) is 0.278. The van der Waals surface area contributed by atoms with Crippen LogP contribution in [-0.4, -0.2) is 48.3 Å². The highest BCUT2D eigenvalue weighted by molar-refractivity contribution is 5.99. The Hall–Kier alpha value is -3.51. The number of nitrogens with one attached hydrogen (secondary N) is 1. The van der Waals surface area contributed by atoms with E-state index < -0.39 is 41.7 Å². The number of carbonyl (C=O) groups excluding carboxylic acids is 1. The molecule has 2 unspecified atom stereocenters. The molecule has 2 aromatic heterocycles. The SMILES string of the molecule is Cc1cc(C(F)F)n2ncc(C(=O)NC(CO)C(O)c3ccc([N+](=O)[O-])cc3)c2n1. The Morgan fingerprint density at radius 1 is 1.33 bits per heavy atom. The molecule has 0 spiro atoms. The van der Waals surface area contributed by atoms with E-state index in [0.717, 1.165) is 16.8 Å². The molecule has 0 aliphatic carbocycles. The van der Waals surface area contributed by atoms with Crippen LogP contribution in [0.4, 0.5) is 14.5 Å². The number of hydrogen-bond donors (Lipinski definition) is 3. The van der Waals surface area contributed by atoms with Crippen molar-refractivity contribution in [1.82, 2.24) is 19.9 Å². The van der Waals surface area contributed by atoms with Gasteiger partial charge in [0.2, 0.25) is 0 Å². The van der Waals surface area contributed by atoms with Crippen LogP contribution in [0.1, 0.15) is 39.8 Å². The van der Waals surface area contributed by atoms with Gasteiger partial charge in [0, 0.05) is 17.8 Å². The molecular formula is C18H17F2N5O5. The van der Waals surface area contributed by atoms with Crippen LogP contribution in [0, 0.1) is 17.0 Å². The van der Waals surface area contributed by atoms with Crippen LogP contribution in [-0.2, 0) is 0 Å². The number of alkyl halides is 2. The van der Waals surface area contributed by atoms with Gasteiger partial charge in [-0.05, 0) is 30.7 Å². The molecule has 0 aliphatic heterocycles. The molecule has 0 saturated carbocycles. The maximum absolute atomic E-state index is 13.2. The number of aliphatic hydroxyl groups excluding tert-OH is 2. The van der Waals surface area contributed by atoms with Crippen molar-refractivity contribution >= 4 is 17.2 Å². The number of halogens is 2. The van der Waals surface area contributed by atoms with Crippen LogP contribution in [0.15, 0.2) is 36.5 Å². The van der Waals surface area contributed by atoms with E-state index in [9.17, 15) is 33.9 Å². The molecule has 1 amide bonds. The molecule has 158 valence electrons. The Labute approximate surface area is 167 Å². The highest BCUT2D eigenvalue weighted by atomic mass is 19.3. The number of nitrogens with zero attached hydrogens (tertiary/aromatic N) is 4. The van der Waals surface area contributed by atoms with Gasteiger partial charge in [0.1, 0.15) is 17.4 Å². The van der Waals surface area contributed by atoms with E-state index in [1.165, 1.54) is 31.2 Å². The van der Waals surface area contributed by atoms with Crippen LogP contribution >= 0.6 is 0 Å². The first-order chi connectivity index (χ1) is 14.2. The summed E-state index contributed by atoms with van der Waals surface area (Å²) in [4.78, 5) is 26.9. The van der Waals surface area contributed by atoms with Gasteiger partial charge in [0.05, 0.1) is 23.8 Å². The average molecular weight is 421 g/mol. The normalized spacial score (nSPS) is 13.4. The van der Waals surface area contributed by atoms with E-state index in [1.54, 1.807) is 0 Å². The zero-order valence-corrected chi connectivity index (χ0v) is 15.6. The number of benzene rings is 1. The summed E-state index contributed by atoms with van der Waals surface area (Å²) < 4.78 is 27.3. The van der Waals surface area contributed by atoms with Crippen molar-refractivity contribution < 1.29 is 28.7 Å². The number of rotatable bonds is 7. The Balaban J connectivity index is 1.85. The van der Waals surface area contributed by atoms with E-state index in [4.69, 9.17) is 0 Å².